The summed E-state index contributed by atoms with van der Waals surface area (Å²) in [5.74, 6) is 0.347. The molecule has 1 aliphatic heterocycles. The van der Waals surface area contributed by atoms with Gasteiger partial charge in [0.15, 0.2) is 0 Å². The highest BCUT2D eigenvalue weighted by atomic mass is 19.3. The maximum atomic E-state index is 12.1. The van der Waals surface area contributed by atoms with Gasteiger partial charge < -0.3 is 20.1 Å². The number of nitrogens with zero attached hydrogens (tertiary/aromatic N) is 1. The molecule has 24 heavy (non-hydrogen) atoms. The zero-order valence-corrected chi connectivity index (χ0v) is 13.8. The molecule has 2 amide bonds. The van der Waals surface area contributed by atoms with E-state index in [2.05, 4.69) is 34.2 Å². The summed E-state index contributed by atoms with van der Waals surface area (Å²) in [7, 11) is 0. The van der Waals surface area contributed by atoms with Gasteiger partial charge in [0, 0.05) is 18.7 Å². The summed E-state index contributed by atoms with van der Waals surface area (Å²) in [6, 6.07) is 2.43. The molecule has 2 rings (SSSR count). The number of carbonyl (C=O) groups excluding carboxylic acids is 1. The van der Waals surface area contributed by atoms with Gasteiger partial charge in [-0.1, -0.05) is 13.8 Å². The number of anilines is 1. The number of alkyl halides is 2. The van der Waals surface area contributed by atoms with Crippen LogP contribution >= 0.6 is 0 Å². The molecule has 2 heterocycles. The SMILES string of the molecule is CC(C)CC1CC(NC(=O)Nc2ccc(OC(F)F)nc2)CCO1. The quantitative estimate of drug-likeness (QED) is 0.830. The van der Waals surface area contributed by atoms with Crippen LogP contribution in [0.3, 0.4) is 0 Å². The highest BCUT2D eigenvalue weighted by Crippen LogP contribution is 2.20. The van der Waals surface area contributed by atoms with Crippen molar-refractivity contribution < 1.29 is 23.0 Å². The lowest BCUT2D eigenvalue weighted by Gasteiger charge is -2.31. The summed E-state index contributed by atoms with van der Waals surface area (Å²) < 4.78 is 34.0. The largest absolute Gasteiger partial charge is 0.417 e. The van der Waals surface area contributed by atoms with E-state index in [4.69, 9.17) is 4.74 Å². The Balaban J connectivity index is 1.80. The maximum Gasteiger partial charge on any atom is 0.388 e. The third-order valence-electron chi connectivity index (χ3n) is 3.64. The van der Waals surface area contributed by atoms with Gasteiger partial charge in [-0.15, -0.1) is 0 Å². The molecule has 2 unspecified atom stereocenters. The first-order chi connectivity index (χ1) is 11.4. The van der Waals surface area contributed by atoms with Crippen LogP contribution in [-0.2, 0) is 4.74 Å². The lowest BCUT2D eigenvalue weighted by atomic mass is 9.96. The number of halogens is 2. The average Bonchev–Trinajstić information content (AvgIpc) is 2.48. The smallest absolute Gasteiger partial charge is 0.388 e. The van der Waals surface area contributed by atoms with Crippen LogP contribution in [0.15, 0.2) is 18.3 Å². The van der Waals surface area contributed by atoms with Gasteiger partial charge >= 0.3 is 12.6 Å². The first-order valence-electron chi connectivity index (χ1n) is 8.02. The van der Waals surface area contributed by atoms with Crippen molar-refractivity contribution in [3.05, 3.63) is 18.3 Å². The molecule has 6 nitrogen and oxygen atoms in total. The molecule has 0 bridgehead atoms. The summed E-state index contributed by atoms with van der Waals surface area (Å²) in [6.45, 7) is 1.99. The van der Waals surface area contributed by atoms with E-state index < -0.39 is 6.61 Å². The highest BCUT2D eigenvalue weighted by molar-refractivity contribution is 5.89. The van der Waals surface area contributed by atoms with Crippen LogP contribution in [0, 0.1) is 5.92 Å². The summed E-state index contributed by atoms with van der Waals surface area (Å²) in [4.78, 5) is 15.7. The number of hydrogen-bond acceptors (Lipinski definition) is 4. The number of amides is 2. The molecule has 0 aromatic carbocycles. The van der Waals surface area contributed by atoms with Crippen LogP contribution < -0.4 is 15.4 Å². The Morgan fingerprint density at radius 3 is 2.88 bits per heavy atom. The van der Waals surface area contributed by atoms with Crippen molar-refractivity contribution in [3.63, 3.8) is 0 Å². The van der Waals surface area contributed by atoms with Crippen molar-refractivity contribution in [3.8, 4) is 5.88 Å². The van der Waals surface area contributed by atoms with Gasteiger partial charge in [-0.05, 0) is 31.2 Å². The molecule has 8 heteroatoms. The summed E-state index contributed by atoms with van der Waals surface area (Å²) in [6.07, 6.45) is 3.95. The van der Waals surface area contributed by atoms with Gasteiger partial charge in [-0.2, -0.15) is 8.78 Å². The number of rotatable bonds is 6. The number of aromatic nitrogens is 1. The van der Waals surface area contributed by atoms with Crippen molar-refractivity contribution in [2.45, 2.75) is 51.9 Å². The average molecular weight is 343 g/mol. The van der Waals surface area contributed by atoms with Gasteiger partial charge in [0.05, 0.1) is 18.0 Å². The first-order valence-corrected chi connectivity index (χ1v) is 8.02. The second-order valence-corrected chi connectivity index (χ2v) is 6.21. The van der Waals surface area contributed by atoms with Crippen molar-refractivity contribution in [1.82, 2.24) is 10.3 Å². The molecule has 1 aromatic heterocycles. The molecule has 1 saturated heterocycles. The maximum absolute atomic E-state index is 12.1. The lowest BCUT2D eigenvalue weighted by Crippen LogP contribution is -2.44. The zero-order valence-electron chi connectivity index (χ0n) is 13.8. The number of nitrogens with one attached hydrogen (secondary N) is 2. The minimum absolute atomic E-state index is 0.0527. The normalized spacial score (nSPS) is 20.9. The third-order valence-corrected chi connectivity index (χ3v) is 3.64. The molecule has 1 fully saturated rings. The van der Waals surface area contributed by atoms with E-state index in [9.17, 15) is 13.6 Å². The Hall–Kier alpha value is -1.96. The van der Waals surface area contributed by atoms with Crippen LogP contribution in [0.4, 0.5) is 19.3 Å². The first kappa shape index (κ1) is 18.4. The summed E-state index contributed by atoms with van der Waals surface area (Å²) in [5, 5.41) is 5.54. The topological polar surface area (TPSA) is 72.5 Å². The summed E-state index contributed by atoms with van der Waals surface area (Å²) >= 11 is 0. The van der Waals surface area contributed by atoms with Gasteiger partial charge in [0.2, 0.25) is 5.88 Å². The van der Waals surface area contributed by atoms with Gasteiger partial charge in [0.1, 0.15) is 0 Å². The lowest BCUT2D eigenvalue weighted by molar-refractivity contribution is -0.0528. The predicted octanol–water partition coefficient (Wildman–Crippen LogP) is 3.40. The van der Waals surface area contributed by atoms with Gasteiger partial charge in [-0.3, -0.25) is 0 Å². The van der Waals surface area contributed by atoms with Gasteiger partial charge in [-0.25, -0.2) is 9.78 Å². The van der Waals surface area contributed by atoms with Crippen molar-refractivity contribution >= 4 is 11.7 Å². The van der Waals surface area contributed by atoms with Crippen LogP contribution in [0.1, 0.15) is 33.1 Å². The number of urea groups is 1. The Kier molecular flexibility index (Phi) is 6.72. The molecular formula is C16H23F2N3O3. The third kappa shape index (κ3) is 6.27. The molecule has 2 atom stereocenters. The Morgan fingerprint density at radius 1 is 1.46 bits per heavy atom. The molecule has 2 N–H and O–H groups in total. The second-order valence-electron chi connectivity index (χ2n) is 6.21. The number of ether oxygens (including phenoxy) is 2. The second kappa shape index (κ2) is 8.77. The monoisotopic (exact) mass is 343 g/mol. The molecule has 0 aliphatic carbocycles. The number of hydrogen-bond donors (Lipinski definition) is 2. The summed E-state index contributed by atoms with van der Waals surface area (Å²) in [5.41, 5.74) is 0.403. The van der Waals surface area contributed by atoms with E-state index in [0.717, 1.165) is 19.3 Å². The predicted molar refractivity (Wildman–Crippen MR) is 85.2 cm³/mol. The van der Waals surface area contributed by atoms with E-state index in [1.165, 1.54) is 18.3 Å². The molecule has 1 aromatic rings. The molecule has 0 saturated carbocycles. The van der Waals surface area contributed by atoms with E-state index in [1.807, 2.05) is 0 Å². The molecule has 0 radical (unpaired) electrons. The van der Waals surface area contributed by atoms with Crippen molar-refractivity contribution in [2.75, 3.05) is 11.9 Å². The van der Waals surface area contributed by atoms with E-state index >= 15 is 0 Å². The van der Waals surface area contributed by atoms with Crippen molar-refractivity contribution in [2.24, 2.45) is 5.92 Å². The van der Waals surface area contributed by atoms with Crippen LogP contribution in [0.25, 0.3) is 0 Å². The molecule has 1 aliphatic rings. The fraction of sp³-hybridized carbons (Fsp3) is 0.625. The van der Waals surface area contributed by atoms with E-state index in [1.54, 1.807) is 0 Å². The Bertz CT molecular complexity index is 526. The van der Waals surface area contributed by atoms with Crippen LogP contribution in [0.2, 0.25) is 0 Å². The Labute approximate surface area is 139 Å². The minimum atomic E-state index is -2.92. The van der Waals surface area contributed by atoms with Crippen LogP contribution in [0.5, 0.6) is 5.88 Å². The van der Waals surface area contributed by atoms with E-state index in [-0.39, 0.29) is 24.1 Å². The molecule has 134 valence electrons. The van der Waals surface area contributed by atoms with E-state index in [0.29, 0.717) is 18.2 Å². The number of carbonyl (C=O) groups is 1. The van der Waals surface area contributed by atoms with Crippen LogP contribution in [-0.4, -0.2) is 36.4 Å². The fourth-order valence-electron chi connectivity index (χ4n) is 2.67. The molecule has 0 spiro atoms. The van der Waals surface area contributed by atoms with Crippen molar-refractivity contribution in [1.29, 1.82) is 0 Å². The molecular weight excluding hydrogens is 320 g/mol. The Morgan fingerprint density at radius 2 is 2.25 bits per heavy atom. The minimum Gasteiger partial charge on any atom is -0.417 e. The highest BCUT2D eigenvalue weighted by Gasteiger charge is 2.24. The fourth-order valence-corrected chi connectivity index (χ4v) is 2.67. The van der Waals surface area contributed by atoms with Gasteiger partial charge in [0.25, 0.3) is 0 Å². The number of pyridine rings is 1. The standard InChI is InChI=1S/C16H23F2N3O3/c1-10(2)7-13-8-11(5-6-23-13)20-16(22)21-12-3-4-14(19-9-12)24-15(17)18/h3-4,9-11,13,15H,5-8H2,1-2H3,(H2,20,21,22). The zero-order chi connectivity index (χ0) is 17.5.